The fraction of sp³-hybridized carbons (Fsp3) is 0.200. The van der Waals surface area contributed by atoms with Gasteiger partial charge in [0.2, 0.25) is 0 Å². The summed E-state index contributed by atoms with van der Waals surface area (Å²) in [6.45, 7) is 2.86. The van der Waals surface area contributed by atoms with Crippen LogP contribution in [0.15, 0.2) is 48.7 Å². The molecule has 0 radical (unpaired) electrons. The Morgan fingerprint density at radius 1 is 1.22 bits per heavy atom. The molecule has 0 unspecified atom stereocenters. The Hall–Kier alpha value is -2.18. The van der Waals surface area contributed by atoms with Crippen LogP contribution in [-0.2, 0) is 6.54 Å². The number of nitrogens with zero attached hydrogens (tertiary/aromatic N) is 2. The van der Waals surface area contributed by atoms with Crippen LogP contribution in [0.3, 0.4) is 0 Å². The van der Waals surface area contributed by atoms with Crippen molar-refractivity contribution in [2.45, 2.75) is 19.5 Å². The van der Waals surface area contributed by atoms with E-state index in [1.165, 1.54) is 0 Å². The van der Waals surface area contributed by atoms with E-state index in [4.69, 9.17) is 5.26 Å². The molecule has 0 spiro atoms. The van der Waals surface area contributed by atoms with Crippen LogP contribution in [0.1, 0.15) is 29.8 Å². The fourth-order valence-electron chi connectivity index (χ4n) is 1.70. The molecule has 90 valence electrons. The highest BCUT2D eigenvalue weighted by Gasteiger charge is 2.04. The third-order valence-electron chi connectivity index (χ3n) is 2.83. The zero-order chi connectivity index (χ0) is 12.8. The van der Waals surface area contributed by atoms with E-state index in [0.29, 0.717) is 5.56 Å². The number of nitriles is 1. The van der Waals surface area contributed by atoms with Crippen LogP contribution in [-0.4, -0.2) is 4.98 Å². The molecule has 0 aliphatic carbocycles. The van der Waals surface area contributed by atoms with Crippen molar-refractivity contribution in [1.29, 1.82) is 5.26 Å². The zero-order valence-electron chi connectivity index (χ0n) is 10.3. The van der Waals surface area contributed by atoms with E-state index in [1.54, 1.807) is 6.20 Å². The minimum atomic E-state index is 0.210. The molecular weight excluding hydrogens is 222 g/mol. The first-order valence-corrected chi connectivity index (χ1v) is 5.93. The van der Waals surface area contributed by atoms with Gasteiger partial charge in [-0.1, -0.05) is 18.2 Å². The molecule has 0 amide bonds. The van der Waals surface area contributed by atoms with E-state index in [2.05, 4.69) is 23.3 Å². The van der Waals surface area contributed by atoms with E-state index < -0.39 is 0 Å². The molecule has 0 bridgehead atoms. The first-order chi connectivity index (χ1) is 8.79. The third-order valence-corrected chi connectivity index (χ3v) is 2.83. The highest BCUT2D eigenvalue weighted by molar-refractivity contribution is 5.31. The Labute approximate surface area is 107 Å². The SMILES string of the molecule is C[C@@H](NCc1ccc(C#N)cc1)c1ccccn1. The van der Waals surface area contributed by atoms with Crippen molar-refractivity contribution in [2.24, 2.45) is 0 Å². The number of benzene rings is 1. The van der Waals surface area contributed by atoms with Crippen LogP contribution >= 0.6 is 0 Å². The van der Waals surface area contributed by atoms with E-state index in [0.717, 1.165) is 17.8 Å². The van der Waals surface area contributed by atoms with Gasteiger partial charge in [-0.05, 0) is 36.8 Å². The molecule has 2 aromatic rings. The van der Waals surface area contributed by atoms with Gasteiger partial charge in [-0.3, -0.25) is 4.98 Å². The van der Waals surface area contributed by atoms with Crippen LogP contribution in [0.2, 0.25) is 0 Å². The Balaban J connectivity index is 1.93. The van der Waals surface area contributed by atoms with Gasteiger partial charge in [0.15, 0.2) is 0 Å². The molecule has 0 saturated carbocycles. The predicted octanol–water partition coefficient (Wildman–Crippen LogP) is 2.80. The second kappa shape index (κ2) is 5.95. The van der Waals surface area contributed by atoms with Crippen LogP contribution in [0.5, 0.6) is 0 Å². The summed E-state index contributed by atoms with van der Waals surface area (Å²) in [5.41, 5.74) is 2.89. The van der Waals surface area contributed by atoms with Crippen LogP contribution in [0.25, 0.3) is 0 Å². The molecule has 0 aliphatic rings. The molecule has 0 aliphatic heterocycles. The molecular formula is C15H15N3. The van der Waals surface area contributed by atoms with E-state index in [9.17, 15) is 0 Å². The van der Waals surface area contributed by atoms with Gasteiger partial charge in [-0.15, -0.1) is 0 Å². The van der Waals surface area contributed by atoms with E-state index >= 15 is 0 Å². The molecule has 3 heteroatoms. The van der Waals surface area contributed by atoms with Gasteiger partial charge in [0.25, 0.3) is 0 Å². The Kier molecular flexibility index (Phi) is 4.06. The fourth-order valence-corrected chi connectivity index (χ4v) is 1.70. The lowest BCUT2D eigenvalue weighted by Crippen LogP contribution is -2.18. The van der Waals surface area contributed by atoms with Gasteiger partial charge in [0.1, 0.15) is 0 Å². The zero-order valence-corrected chi connectivity index (χ0v) is 10.3. The van der Waals surface area contributed by atoms with Crippen molar-refractivity contribution in [2.75, 3.05) is 0 Å². The Morgan fingerprint density at radius 3 is 2.61 bits per heavy atom. The van der Waals surface area contributed by atoms with Gasteiger partial charge in [0.05, 0.1) is 17.3 Å². The van der Waals surface area contributed by atoms with Crippen molar-refractivity contribution in [3.63, 3.8) is 0 Å². The smallest absolute Gasteiger partial charge is 0.0991 e. The molecule has 1 aromatic heterocycles. The standard InChI is InChI=1S/C15H15N3/c1-12(15-4-2-3-9-17-15)18-11-14-7-5-13(10-16)6-8-14/h2-9,12,18H,11H2,1H3/t12-/m1/s1. The molecule has 1 heterocycles. The largest absolute Gasteiger partial charge is 0.305 e. The molecule has 2 rings (SSSR count). The maximum Gasteiger partial charge on any atom is 0.0991 e. The average Bonchev–Trinajstić information content (AvgIpc) is 2.46. The van der Waals surface area contributed by atoms with Crippen molar-refractivity contribution < 1.29 is 0 Å². The first kappa shape index (κ1) is 12.3. The summed E-state index contributed by atoms with van der Waals surface area (Å²) in [7, 11) is 0. The first-order valence-electron chi connectivity index (χ1n) is 5.93. The molecule has 18 heavy (non-hydrogen) atoms. The topological polar surface area (TPSA) is 48.7 Å². The summed E-state index contributed by atoms with van der Waals surface area (Å²) >= 11 is 0. The van der Waals surface area contributed by atoms with Gasteiger partial charge in [-0.2, -0.15) is 5.26 Å². The van der Waals surface area contributed by atoms with Gasteiger partial charge in [-0.25, -0.2) is 0 Å². The summed E-state index contributed by atoms with van der Waals surface area (Å²) in [5, 5.41) is 12.1. The number of nitrogens with one attached hydrogen (secondary N) is 1. The van der Waals surface area contributed by atoms with Crippen LogP contribution < -0.4 is 5.32 Å². The molecule has 1 N–H and O–H groups in total. The second-order valence-corrected chi connectivity index (χ2v) is 4.17. The molecule has 3 nitrogen and oxygen atoms in total. The normalized spacial score (nSPS) is 11.8. The summed E-state index contributed by atoms with van der Waals surface area (Å²) in [6, 6.07) is 15.8. The van der Waals surface area contributed by atoms with Crippen molar-refractivity contribution in [3.8, 4) is 6.07 Å². The number of hydrogen-bond donors (Lipinski definition) is 1. The highest BCUT2D eigenvalue weighted by Crippen LogP contribution is 2.10. The summed E-state index contributed by atoms with van der Waals surface area (Å²) in [4.78, 5) is 4.31. The highest BCUT2D eigenvalue weighted by atomic mass is 14.9. The van der Waals surface area contributed by atoms with Crippen LogP contribution in [0, 0.1) is 11.3 Å². The molecule has 1 aromatic carbocycles. The Bertz CT molecular complexity index is 526. The van der Waals surface area contributed by atoms with Gasteiger partial charge >= 0.3 is 0 Å². The number of pyridine rings is 1. The number of aromatic nitrogens is 1. The quantitative estimate of drug-likeness (QED) is 0.889. The lowest BCUT2D eigenvalue weighted by molar-refractivity contribution is 0.561. The minimum absolute atomic E-state index is 0.210. The minimum Gasteiger partial charge on any atom is -0.305 e. The maximum absolute atomic E-state index is 8.72. The van der Waals surface area contributed by atoms with Crippen molar-refractivity contribution >= 4 is 0 Å². The lowest BCUT2D eigenvalue weighted by atomic mass is 10.1. The third kappa shape index (κ3) is 3.16. The van der Waals surface area contributed by atoms with Crippen molar-refractivity contribution in [3.05, 3.63) is 65.5 Å². The number of rotatable bonds is 4. The van der Waals surface area contributed by atoms with Gasteiger partial charge in [0, 0.05) is 18.8 Å². The lowest BCUT2D eigenvalue weighted by Gasteiger charge is -2.13. The predicted molar refractivity (Wildman–Crippen MR) is 70.6 cm³/mol. The monoisotopic (exact) mass is 237 g/mol. The van der Waals surface area contributed by atoms with Crippen LogP contribution in [0.4, 0.5) is 0 Å². The Morgan fingerprint density at radius 2 is 2.00 bits per heavy atom. The molecule has 0 fully saturated rings. The van der Waals surface area contributed by atoms with Crippen molar-refractivity contribution in [1.82, 2.24) is 10.3 Å². The number of hydrogen-bond acceptors (Lipinski definition) is 3. The van der Waals surface area contributed by atoms with E-state index in [-0.39, 0.29) is 6.04 Å². The van der Waals surface area contributed by atoms with E-state index in [1.807, 2.05) is 42.5 Å². The molecule has 0 saturated heterocycles. The van der Waals surface area contributed by atoms with Gasteiger partial charge < -0.3 is 5.32 Å². The summed E-state index contributed by atoms with van der Waals surface area (Å²) in [5.74, 6) is 0. The average molecular weight is 237 g/mol. The summed E-state index contributed by atoms with van der Waals surface area (Å²) in [6.07, 6.45) is 1.80. The molecule has 1 atom stereocenters. The second-order valence-electron chi connectivity index (χ2n) is 4.17. The maximum atomic E-state index is 8.72. The summed E-state index contributed by atoms with van der Waals surface area (Å²) < 4.78 is 0.